The van der Waals surface area contributed by atoms with Crippen LogP contribution in [0, 0.1) is 0 Å². The number of hydrogen-bond acceptors (Lipinski definition) is 5. The SMILES string of the molecule is CN(C)c1ccc(CNC(=O)COC(=O)c2ccccc2COc2ccccc2)cc1. The number of rotatable bonds is 9. The molecule has 1 N–H and O–H groups in total. The Kier molecular flexibility index (Phi) is 7.65. The summed E-state index contributed by atoms with van der Waals surface area (Å²) in [5.41, 5.74) is 3.12. The smallest absolute Gasteiger partial charge is 0.339 e. The highest BCUT2D eigenvalue weighted by Crippen LogP contribution is 2.16. The first-order valence-corrected chi connectivity index (χ1v) is 9.99. The molecule has 6 heteroatoms. The highest BCUT2D eigenvalue weighted by atomic mass is 16.5. The molecule has 3 aromatic carbocycles. The van der Waals surface area contributed by atoms with E-state index in [1.165, 1.54) is 0 Å². The Bertz CT molecular complexity index is 1000. The molecule has 1 amide bonds. The number of esters is 1. The molecular weight excluding hydrogens is 392 g/mol. The maximum absolute atomic E-state index is 12.5. The van der Waals surface area contributed by atoms with E-state index in [9.17, 15) is 9.59 Å². The average molecular weight is 418 g/mol. The number of benzene rings is 3. The van der Waals surface area contributed by atoms with Gasteiger partial charge >= 0.3 is 5.97 Å². The predicted molar refractivity (Wildman–Crippen MR) is 120 cm³/mol. The van der Waals surface area contributed by atoms with Gasteiger partial charge < -0.3 is 19.7 Å². The highest BCUT2D eigenvalue weighted by molar-refractivity contribution is 5.92. The fraction of sp³-hybridized carbons (Fsp3) is 0.200. The van der Waals surface area contributed by atoms with Crippen LogP contribution >= 0.6 is 0 Å². The third-order valence-electron chi connectivity index (χ3n) is 4.65. The lowest BCUT2D eigenvalue weighted by atomic mass is 10.1. The second-order valence-electron chi connectivity index (χ2n) is 7.17. The van der Waals surface area contributed by atoms with Gasteiger partial charge in [-0.05, 0) is 35.9 Å². The van der Waals surface area contributed by atoms with E-state index in [-0.39, 0.29) is 19.1 Å². The van der Waals surface area contributed by atoms with E-state index < -0.39 is 5.97 Å². The van der Waals surface area contributed by atoms with E-state index in [1.54, 1.807) is 18.2 Å². The van der Waals surface area contributed by atoms with Gasteiger partial charge in [0.05, 0.1) is 5.56 Å². The summed E-state index contributed by atoms with van der Waals surface area (Å²) in [4.78, 5) is 26.6. The summed E-state index contributed by atoms with van der Waals surface area (Å²) in [6, 6.07) is 24.3. The first kappa shape index (κ1) is 21.9. The van der Waals surface area contributed by atoms with Gasteiger partial charge in [-0.1, -0.05) is 48.5 Å². The molecule has 0 aromatic heterocycles. The molecule has 0 spiro atoms. The van der Waals surface area contributed by atoms with Crippen molar-refractivity contribution in [2.24, 2.45) is 0 Å². The van der Waals surface area contributed by atoms with Gasteiger partial charge in [0.25, 0.3) is 5.91 Å². The summed E-state index contributed by atoms with van der Waals surface area (Å²) in [5.74, 6) is -0.204. The standard InChI is InChI=1S/C25H26N2O4/c1-27(2)21-14-12-19(13-15-21)16-26-24(28)18-31-25(29)23-11-7-6-8-20(23)17-30-22-9-4-3-5-10-22/h3-15H,16-18H2,1-2H3,(H,26,28). The fourth-order valence-electron chi connectivity index (χ4n) is 2.90. The Balaban J connectivity index is 1.49. The van der Waals surface area contributed by atoms with Crippen molar-refractivity contribution >= 4 is 17.6 Å². The number of carbonyl (C=O) groups excluding carboxylic acids is 2. The van der Waals surface area contributed by atoms with E-state index in [4.69, 9.17) is 9.47 Å². The molecule has 6 nitrogen and oxygen atoms in total. The number of nitrogens with one attached hydrogen (secondary N) is 1. The van der Waals surface area contributed by atoms with Gasteiger partial charge in [-0.25, -0.2) is 4.79 Å². The Hall–Kier alpha value is -3.80. The normalized spacial score (nSPS) is 10.3. The zero-order valence-electron chi connectivity index (χ0n) is 17.7. The van der Waals surface area contributed by atoms with Crippen LogP contribution in [-0.4, -0.2) is 32.6 Å². The molecule has 0 bridgehead atoms. The van der Waals surface area contributed by atoms with Crippen LogP contribution in [0.5, 0.6) is 5.75 Å². The Labute approximate surface area is 182 Å². The quantitative estimate of drug-likeness (QED) is 0.536. The predicted octanol–water partition coefficient (Wildman–Crippen LogP) is 3.80. The van der Waals surface area contributed by atoms with Crippen LogP contribution in [0.15, 0.2) is 78.9 Å². The summed E-state index contributed by atoms with van der Waals surface area (Å²) in [7, 11) is 3.94. The van der Waals surface area contributed by atoms with Crippen molar-refractivity contribution in [1.82, 2.24) is 5.32 Å². The van der Waals surface area contributed by atoms with E-state index in [0.717, 1.165) is 11.3 Å². The Morgan fingerprint density at radius 1 is 0.871 bits per heavy atom. The fourth-order valence-corrected chi connectivity index (χ4v) is 2.90. The zero-order chi connectivity index (χ0) is 22.1. The van der Waals surface area contributed by atoms with Crippen molar-refractivity contribution in [2.45, 2.75) is 13.2 Å². The number of ether oxygens (including phenoxy) is 2. The topological polar surface area (TPSA) is 67.9 Å². The molecule has 0 radical (unpaired) electrons. The van der Waals surface area contributed by atoms with Gasteiger partial charge in [0.2, 0.25) is 0 Å². The molecule has 0 aliphatic rings. The number of hydrogen-bond donors (Lipinski definition) is 1. The minimum atomic E-state index is -0.558. The molecule has 0 unspecified atom stereocenters. The first-order valence-electron chi connectivity index (χ1n) is 9.99. The van der Waals surface area contributed by atoms with E-state index >= 15 is 0 Å². The molecule has 160 valence electrons. The number of amides is 1. The van der Waals surface area contributed by atoms with Crippen LogP contribution in [0.2, 0.25) is 0 Å². The summed E-state index contributed by atoms with van der Waals surface area (Å²) in [6.07, 6.45) is 0. The van der Waals surface area contributed by atoms with Crippen LogP contribution < -0.4 is 15.0 Å². The first-order chi connectivity index (χ1) is 15.0. The zero-order valence-corrected chi connectivity index (χ0v) is 17.7. The average Bonchev–Trinajstić information content (AvgIpc) is 2.81. The maximum Gasteiger partial charge on any atom is 0.339 e. The van der Waals surface area contributed by atoms with Gasteiger partial charge in [0.15, 0.2) is 6.61 Å². The van der Waals surface area contributed by atoms with Gasteiger partial charge in [-0.15, -0.1) is 0 Å². The van der Waals surface area contributed by atoms with E-state index in [1.807, 2.05) is 79.7 Å². The molecule has 3 rings (SSSR count). The molecule has 0 atom stereocenters. The van der Waals surface area contributed by atoms with Crippen molar-refractivity contribution < 1.29 is 19.1 Å². The van der Waals surface area contributed by atoms with Crippen molar-refractivity contribution in [2.75, 3.05) is 25.6 Å². The van der Waals surface area contributed by atoms with Crippen molar-refractivity contribution in [1.29, 1.82) is 0 Å². The number of carbonyl (C=O) groups is 2. The molecule has 0 aliphatic heterocycles. The lowest BCUT2D eigenvalue weighted by Crippen LogP contribution is -2.28. The van der Waals surface area contributed by atoms with Gasteiger partial charge in [0, 0.05) is 31.9 Å². The monoisotopic (exact) mass is 418 g/mol. The van der Waals surface area contributed by atoms with E-state index in [0.29, 0.717) is 23.4 Å². The minimum Gasteiger partial charge on any atom is -0.489 e. The third-order valence-corrected chi connectivity index (χ3v) is 4.65. The van der Waals surface area contributed by atoms with Crippen LogP contribution in [0.3, 0.4) is 0 Å². The molecule has 31 heavy (non-hydrogen) atoms. The minimum absolute atomic E-state index is 0.227. The van der Waals surface area contributed by atoms with Crippen LogP contribution in [0.4, 0.5) is 5.69 Å². The lowest BCUT2D eigenvalue weighted by Gasteiger charge is -2.13. The largest absolute Gasteiger partial charge is 0.489 e. The van der Waals surface area contributed by atoms with E-state index in [2.05, 4.69) is 5.32 Å². The summed E-state index contributed by atoms with van der Waals surface area (Å²) < 4.78 is 10.9. The van der Waals surface area contributed by atoms with Gasteiger partial charge in [-0.2, -0.15) is 0 Å². The number of nitrogens with zero attached hydrogens (tertiary/aromatic N) is 1. The summed E-state index contributed by atoms with van der Waals surface area (Å²) in [6.45, 7) is 0.249. The highest BCUT2D eigenvalue weighted by Gasteiger charge is 2.14. The van der Waals surface area contributed by atoms with Crippen LogP contribution in [-0.2, 0) is 22.7 Å². The number of anilines is 1. The van der Waals surface area contributed by atoms with Crippen molar-refractivity contribution in [3.05, 3.63) is 95.6 Å². The maximum atomic E-state index is 12.5. The Morgan fingerprint density at radius 3 is 2.26 bits per heavy atom. The molecule has 0 saturated carbocycles. The van der Waals surface area contributed by atoms with Crippen molar-refractivity contribution in [3.8, 4) is 5.75 Å². The molecule has 0 aliphatic carbocycles. The molecular formula is C25H26N2O4. The molecule has 0 heterocycles. The van der Waals surface area contributed by atoms with Crippen molar-refractivity contribution in [3.63, 3.8) is 0 Å². The lowest BCUT2D eigenvalue weighted by molar-refractivity contribution is -0.124. The van der Waals surface area contributed by atoms with Gasteiger partial charge in [0.1, 0.15) is 12.4 Å². The summed E-state index contributed by atoms with van der Waals surface area (Å²) >= 11 is 0. The van der Waals surface area contributed by atoms with Gasteiger partial charge in [-0.3, -0.25) is 4.79 Å². The Morgan fingerprint density at radius 2 is 1.55 bits per heavy atom. The molecule has 0 fully saturated rings. The van der Waals surface area contributed by atoms with Crippen LogP contribution in [0.25, 0.3) is 0 Å². The summed E-state index contributed by atoms with van der Waals surface area (Å²) in [5, 5.41) is 2.76. The number of para-hydroxylation sites is 1. The molecule has 0 saturated heterocycles. The second-order valence-corrected chi connectivity index (χ2v) is 7.17. The van der Waals surface area contributed by atoms with Crippen LogP contribution in [0.1, 0.15) is 21.5 Å². The molecule has 3 aromatic rings. The second kappa shape index (κ2) is 10.8. The third kappa shape index (κ3) is 6.60.